The monoisotopic (exact) mass is 413 g/mol. The second kappa shape index (κ2) is 9.15. The molecule has 6 nitrogen and oxygen atoms in total. The highest BCUT2D eigenvalue weighted by atomic mass is 16.5. The number of hydrogen-bond acceptors (Lipinski definition) is 4. The van der Waals surface area contributed by atoms with Crippen molar-refractivity contribution in [2.45, 2.75) is 57.0 Å². The number of urea groups is 1. The Bertz CT molecular complexity index is 745. The van der Waals surface area contributed by atoms with Gasteiger partial charge in [-0.1, -0.05) is 12.5 Å². The summed E-state index contributed by atoms with van der Waals surface area (Å²) in [7, 11) is 0. The number of carbonyl (C=O) groups excluding carboxylic acids is 1. The zero-order valence-electron chi connectivity index (χ0n) is 18.1. The van der Waals surface area contributed by atoms with Crippen LogP contribution in [0, 0.1) is 0 Å². The zero-order chi connectivity index (χ0) is 20.3. The van der Waals surface area contributed by atoms with Gasteiger partial charge in [0.25, 0.3) is 0 Å². The van der Waals surface area contributed by atoms with Gasteiger partial charge in [0.2, 0.25) is 0 Å². The molecule has 2 saturated heterocycles. The molecule has 4 aliphatic rings. The predicted octanol–water partition coefficient (Wildman–Crippen LogP) is 2.94. The van der Waals surface area contributed by atoms with Crippen LogP contribution in [0.25, 0.3) is 0 Å². The molecular formula is C24H35N3O3. The summed E-state index contributed by atoms with van der Waals surface area (Å²) < 4.78 is 11.6. The first-order chi connectivity index (χ1) is 14.8. The van der Waals surface area contributed by atoms with Crippen molar-refractivity contribution >= 4 is 6.03 Å². The summed E-state index contributed by atoms with van der Waals surface area (Å²) in [6.07, 6.45) is 8.52. The number of amides is 2. The van der Waals surface area contributed by atoms with Gasteiger partial charge in [0.05, 0.1) is 19.3 Å². The topological polar surface area (TPSA) is 45.3 Å². The van der Waals surface area contributed by atoms with Crippen LogP contribution in [-0.2, 0) is 17.6 Å². The van der Waals surface area contributed by atoms with Crippen LogP contribution in [0.2, 0.25) is 0 Å². The normalized spacial score (nSPS) is 25.5. The summed E-state index contributed by atoms with van der Waals surface area (Å²) >= 11 is 0. The van der Waals surface area contributed by atoms with Crippen LogP contribution in [-0.4, -0.2) is 85.4 Å². The smallest absolute Gasteiger partial charge is 0.320 e. The minimum Gasteiger partial charge on any atom is -0.491 e. The maximum atomic E-state index is 12.9. The Morgan fingerprint density at radius 3 is 2.53 bits per heavy atom. The van der Waals surface area contributed by atoms with E-state index in [1.165, 1.54) is 43.5 Å². The summed E-state index contributed by atoms with van der Waals surface area (Å²) in [5.41, 5.74) is 2.93. The van der Waals surface area contributed by atoms with E-state index in [9.17, 15) is 4.79 Å². The van der Waals surface area contributed by atoms with Crippen molar-refractivity contribution in [3.8, 4) is 5.75 Å². The molecule has 0 unspecified atom stereocenters. The van der Waals surface area contributed by atoms with Crippen LogP contribution in [0.4, 0.5) is 4.79 Å². The van der Waals surface area contributed by atoms with Gasteiger partial charge < -0.3 is 19.3 Å². The fourth-order valence-corrected chi connectivity index (χ4v) is 5.32. The molecule has 0 aromatic heterocycles. The lowest BCUT2D eigenvalue weighted by atomic mass is 9.91. The maximum Gasteiger partial charge on any atom is 0.320 e. The molecule has 3 aliphatic heterocycles. The fourth-order valence-electron chi connectivity index (χ4n) is 5.32. The lowest BCUT2D eigenvalue weighted by Crippen LogP contribution is -2.50. The number of likely N-dealkylation sites (tertiary alicyclic amines) is 1. The van der Waals surface area contributed by atoms with Crippen LogP contribution in [0.5, 0.6) is 5.75 Å². The van der Waals surface area contributed by atoms with Gasteiger partial charge in [-0.15, -0.1) is 0 Å². The Labute approximate surface area is 180 Å². The molecule has 164 valence electrons. The highest BCUT2D eigenvalue weighted by Crippen LogP contribution is 2.29. The van der Waals surface area contributed by atoms with Crippen LogP contribution >= 0.6 is 0 Å². The van der Waals surface area contributed by atoms with Gasteiger partial charge in [-0.05, 0) is 61.8 Å². The van der Waals surface area contributed by atoms with Gasteiger partial charge in [0, 0.05) is 38.8 Å². The summed E-state index contributed by atoms with van der Waals surface area (Å²) in [5, 5.41) is 0. The third-order valence-electron chi connectivity index (χ3n) is 7.45. The largest absolute Gasteiger partial charge is 0.491 e. The molecule has 0 spiro atoms. The van der Waals surface area contributed by atoms with E-state index in [1.54, 1.807) is 0 Å². The molecule has 0 bridgehead atoms. The highest BCUT2D eigenvalue weighted by molar-refractivity contribution is 5.75. The first kappa shape index (κ1) is 20.1. The van der Waals surface area contributed by atoms with Gasteiger partial charge in [-0.3, -0.25) is 4.90 Å². The number of morpholine rings is 1. The van der Waals surface area contributed by atoms with Crippen molar-refractivity contribution in [3.63, 3.8) is 0 Å². The number of benzene rings is 1. The van der Waals surface area contributed by atoms with Gasteiger partial charge in [-0.25, -0.2) is 4.79 Å². The molecule has 30 heavy (non-hydrogen) atoms. The summed E-state index contributed by atoms with van der Waals surface area (Å²) in [5.74, 6) is 0.955. The fraction of sp³-hybridized carbons (Fsp3) is 0.708. The first-order valence-electron chi connectivity index (χ1n) is 11.9. The Morgan fingerprint density at radius 1 is 0.967 bits per heavy atom. The average Bonchev–Trinajstić information content (AvgIpc) is 3.12. The number of ether oxygens (including phenoxy) is 2. The van der Waals surface area contributed by atoms with Crippen molar-refractivity contribution in [2.24, 2.45) is 0 Å². The predicted molar refractivity (Wildman–Crippen MR) is 116 cm³/mol. The Kier molecular flexibility index (Phi) is 6.14. The van der Waals surface area contributed by atoms with E-state index >= 15 is 0 Å². The van der Waals surface area contributed by atoms with E-state index in [0.29, 0.717) is 32.9 Å². The Morgan fingerprint density at radius 2 is 1.77 bits per heavy atom. The van der Waals surface area contributed by atoms with Crippen LogP contribution in [0.3, 0.4) is 0 Å². The van der Waals surface area contributed by atoms with Gasteiger partial charge in [-0.2, -0.15) is 0 Å². The second-order valence-corrected chi connectivity index (χ2v) is 9.23. The van der Waals surface area contributed by atoms with Crippen LogP contribution in [0.15, 0.2) is 18.2 Å². The standard InChI is InChI=1S/C24H35N3O3/c28-24(26-13-15-29-16-14-26)27-10-2-5-22(27)18-30-23-7-6-19-8-11-25(21-3-1-4-21)12-9-20(19)17-23/h6-7,17,21-22H,1-5,8-16,18H2/t22-/m1/s1. The minimum atomic E-state index is 0.155. The molecular weight excluding hydrogens is 378 g/mol. The van der Waals surface area contributed by atoms with Crippen molar-refractivity contribution < 1.29 is 14.3 Å². The lowest BCUT2D eigenvalue weighted by Gasteiger charge is -2.36. The molecule has 5 rings (SSSR count). The molecule has 0 radical (unpaired) electrons. The van der Waals surface area contributed by atoms with Crippen molar-refractivity contribution in [1.29, 1.82) is 0 Å². The molecule has 1 aliphatic carbocycles. The van der Waals surface area contributed by atoms with Crippen molar-refractivity contribution in [1.82, 2.24) is 14.7 Å². The molecule has 6 heteroatoms. The number of fused-ring (bicyclic) bond motifs is 1. The molecule has 1 aromatic carbocycles. The van der Waals surface area contributed by atoms with Gasteiger partial charge >= 0.3 is 6.03 Å². The van der Waals surface area contributed by atoms with Crippen LogP contribution < -0.4 is 4.74 Å². The minimum absolute atomic E-state index is 0.155. The van der Waals surface area contributed by atoms with Crippen molar-refractivity contribution in [2.75, 3.05) is 52.5 Å². The summed E-state index contributed by atoms with van der Waals surface area (Å²) in [6, 6.07) is 7.80. The van der Waals surface area contributed by atoms with Gasteiger partial charge in [0.15, 0.2) is 0 Å². The molecule has 1 aromatic rings. The van der Waals surface area contributed by atoms with E-state index in [-0.39, 0.29) is 12.1 Å². The van der Waals surface area contributed by atoms with Crippen molar-refractivity contribution in [3.05, 3.63) is 29.3 Å². The van der Waals surface area contributed by atoms with E-state index < -0.39 is 0 Å². The quantitative estimate of drug-likeness (QED) is 0.761. The number of rotatable bonds is 4. The molecule has 1 atom stereocenters. The molecule has 2 amide bonds. The van der Waals surface area contributed by atoms with E-state index in [0.717, 1.165) is 44.0 Å². The van der Waals surface area contributed by atoms with E-state index in [4.69, 9.17) is 9.47 Å². The van der Waals surface area contributed by atoms with E-state index in [1.807, 2.05) is 9.80 Å². The average molecular weight is 414 g/mol. The second-order valence-electron chi connectivity index (χ2n) is 9.23. The van der Waals surface area contributed by atoms with E-state index in [2.05, 4.69) is 23.1 Å². The Balaban J connectivity index is 1.17. The number of hydrogen-bond donors (Lipinski definition) is 0. The first-order valence-corrected chi connectivity index (χ1v) is 11.9. The molecule has 3 heterocycles. The van der Waals surface area contributed by atoms with Crippen LogP contribution in [0.1, 0.15) is 43.2 Å². The summed E-state index contributed by atoms with van der Waals surface area (Å²) in [4.78, 5) is 19.5. The third kappa shape index (κ3) is 4.30. The Hall–Kier alpha value is -1.79. The number of nitrogens with zero attached hydrogens (tertiary/aromatic N) is 3. The van der Waals surface area contributed by atoms with Gasteiger partial charge in [0.1, 0.15) is 12.4 Å². The highest BCUT2D eigenvalue weighted by Gasteiger charge is 2.33. The number of carbonyl (C=O) groups is 1. The molecule has 3 fully saturated rings. The zero-order valence-corrected chi connectivity index (χ0v) is 18.1. The lowest BCUT2D eigenvalue weighted by molar-refractivity contribution is 0.0402. The molecule has 1 saturated carbocycles. The summed E-state index contributed by atoms with van der Waals surface area (Å²) in [6.45, 7) is 6.48. The third-order valence-corrected chi connectivity index (χ3v) is 7.45. The maximum absolute atomic E-state index is 12.9. The SMILES string of the molecule is O=C(N1CCOCC1)N1CCC[C@@H]1COc1ccc2c(c1)CCN(C1CCC1)CC2. The molecule has 0 N–H and O–H groups in total.